The van der Waals surface area contributed by atoms with Crippen LogP contribution in [0.1, 0.15) is 18.1 Å². The summed E-state index contributed by atoms with van der Waals surface area (Å²) in [6, 6.07) is 16.0. The Morgan fingerprint density at radius 1 is 1.00 bits per heavy atom. The number of hydroxylamine groups is 1. The Morgan fingerprint density at radius 2 is 1.60 bits per heavy atom. The fraction of sp³-hybridized carbons (Fsp3) is 0.200. The third-order valence-corrected chi connectivity index (χ3v) is 5.15. The van der Waals surface area contributed by atoms with Gasteiger partial charge in [0.2, 0.25) is 5.72 Å². The van der Waals surface area contributed by atoms with E-state index in [0.717, 1.165) is 15.6 Å². The lowest BCUT2D eigenvalue weighted by molar-refractivity contribution is 0.260. The SMILES string of the molecule is Cc1ccc(S(=O)(=O)N2O[C@@]2(C)c2ccccc2)cc1. The number of aryl methyl sites for hydroxylation is 1. The maximum Gasteiger partial charge on any atom is 0.268 e. The van der Waals surface area contributed by atoms with Crippen molar-refractivity contribution in [2.75, 3.05) is 0 Å². The standard InChI is InChI=1S/C15H15NO3S/c1-12-8-10-14(11-9-12)20(17,18)16-15(2,19-16)13-6-4-3-5-7-13/h3-11H,1-2H3/t15-,16?/m0/s1. The van der Waals surface area contributed by atoms with Crippen LogP contribution in [0.3, 0.4) is 0 Å². The highest BCUT2D eigenvalue weighted by Gasteiger charge is 2.60. The zero-order valence-electron chi connectivity index (χ0n) is 11.3. The van der Waals surface area contributed by atoms with Crippen LogP contribution in [0.25, 0.3) is 0 Å². The van der Waals surface area contributed by atoms with Gasteiger partial charge in [0.15, 0.2) is 0 Å². The van der Waals surface area contributed by atoms with Crippen LogP contribution in [0.4, 0.5) is 0 Å². The van der Waals surface area contributed by atoms with Crippen molar-refractivity contribution in [1.82, 2.24) is 4.47 Å². The Morgan fingerprint density at radius 3 is 2.20 bits per heavy atom. The van der Waals surface area contributed by atoms with Crippen molar-refractivity contribution in [2.24, 2.45) is 0 Å². The molecule has 0 bridgehead atoms. The van der Waals surface area contributed by atoms with E-state index in [1.54, 1.807) is 31.2 Å². The normalized spacial score (nSPS) is 25.4. The Kier molecular flexibility index (Phi) is 2.93. The molecule has 5 heteroatoms. The van der Waals surface area contributed by atoms with Gasteiger partial charge < -0.3 is 0 Å². The number of rotatable bonds is 3. The topological polar surface area (TPSA) is 49.7 Å². The van der Waals surface area contributed by atoms with Gasteiger partial charge in [0.1, 0.15) is 0 Å². The van der Waals surface area contributed by atoms with Crippen LogP contribution in [-0.2, 0) is 20.6 Å². The fourth-order valence-corrected chi connectivity index (χ4v) is 3.61. The van der Waals surface area contributed by atoms with Gasteiger partial charge in [-0.1, -0.05) is 48.0 Å². The van der Waals surface area contributed by atoms with Crippen molar-refractivity contribution in [1.29, 1.82) is 0 Å². The molecule has 1 saturated heterocycles. The van der Waals surface area contributed by atoms with Crippen LogP contribution in [0.15, 0.2) is 59.5 Å². The van der Waals surface area contributed by atoms with E-state index in [1.807, 2.05) is 37.3 Å². The summed E-state index contributed by atoms with van der Waals surface area (Å²) in [5.41, 5.74) is 0.919. The van der Waals surface area contributed by atoms with E-state index in [0.29, 0.717) is 0 Å². The Balaban J connectivity index is 1.94. The first-order valence-corrected chi connectivity index (χ1v) is 7.75. The number of sulfonamides is 1. The van der Waals surface area contributed by atoms with E-state index in [-0.39, 0.29) is 4.90 Å². The molecule has 0 saturated carbocycles. The van der Waals surface area contributed by atoms with Crippen LogP contribution in [0, 0.1) is 6.92 Å². The van der Waals surface area contributed by atoms with Crippen molar-refractivity contribution in [3.8, 4) is 0 Å². The molecular weight excluding hydrogens is 274 g/mol. The first-order chi connectivity index (χ1) is 9.44. The van der Waals surface area contributed by atoms with Crippen molar-refractivity contribution in [3.05, 3.63) is 65.7 Å². The van der Waals surface area contributed by atoms with Gasteiger partial charge in [0, 0.05) is 5.56 Å². The molecule has 1 heterocycles. The zero-order valence-corrected chi connectivity index (χ0v) is 12.1. The van der Waals surface area contributed by atoms with E-state index in [9.17, 15) is 8.42 Å². The third kappa shape index (κ3) is 2.04. The molecule has 3 rings (SSSR count). The molecule has 2 aromatic carbocycles. The van der Waals surface area contributed by atoms with E-state index >= 15 is 0 Å². The highest BCUT2D eigenvalue weighted by atomic mass is 32.2. The number of benzene rings is 2. The molecular formula is C15H15NO3S. The van der Waals surface area contributed by atoms with Gasteiger partial charge in [-0.05, 0) is 30.4 Å². The predicted molar refractivity (Wildman–Crippen MR) is 75.1 cm³/mol. The van der Waals surface area contributed by atoms with Gasteiger partial charge in [0.25, 0.3) is 10.0 Å². The lowest BCUT2D eigenvalue weighted by atomic mass is 10.1. The Labute approximate surface area is 118 Å². The van der Waals surface area contributed by atoms with Crippen LogP contribution < -0.4 is 0 Å². The van der Waals surface area contributed by atoms with Crippen LogP contribution >= 0.6 is 0 Å². The summed E-state index contributed by atoms with van der Waals surface area (Å²) in [7, 11) is -3.63. The number of hydrogen-bond donors (Lipinski definition) is 0. The highest BCUT2D eigenvalue weighted by Crippen LogP contribution is 2.48. The van der Waals surface area contributed by atoms with Gasteiger partial charge in [-0.2, -0.15) is 0 Å². The average molecular weight is 289 g/mol. The van der Waals surface area contributed by atoms with E-state index in [1.165, 1.54) is 0 Å². The highest BCUT2D eigenvalue weighted by molar-refractivity contribution is 7.89. The molecule has 2 atom stereocenters. The fourth-order valence-electron chi connectivity index (χ4n) is 2.13. The Hall–Kier alpha value is -1.69. The molecule has 4 nitrogen and oxygen atoms in total. The summed E-state index contributed by atoms with van der Waals surface area (Å²) >= 11 is 0. The maximum absolute atomic E-state index is 12.5. The molecule has 104 valence electrons. The lowest BCUT2D eigenvalue weighted by Gasteiger charge is -2.07. The van der Waals surface area contributed by atoms with Gasteiger partial charge in [-0.25, -0.2) is 8.42 Å². The molecule has 0 aromatic heterocycles. The zero-order chi connectivity index (χ0) is 14.4. The molecule has 1 aliphatic heterocycles. The summed E-state index contributed by atoms with van der Waals surface area (Å²) in [5, 5.41) is 0. The van der Waals surface area contributed by atoms with E-state index < -0.39 is 15.7 Å². The molecule has 2 aromatic rings. The lowest BCUT2D eigenvalue weighted by Crippen LogP contribution is -2.19. The maximum atomic E-state index is 12.5. The van der Waals surface area contributed by atoms with Crippen LogP contribution in [0.2, 0.25) is 0 Å². The minimum atomic E-state index is -3.63. The summed E-state index contributed by atoms with van der Waals surface area (Å²) < 4.78 is 26.0. The molecule has 20 heavy (non-hydrogen) atoms. The first-order valence-electron chi connectivity index (χ1n) is 6.31. The second-order valence-corrected chi connectivity index (χ2v) is 6.74. The number of nitrogens with zero attached hydrogens (tertiary/aromatic N) is 1. The molecule has 0 spiro atoms. The van der Waals surface area contributed by atoms with Crippen LogP contribution in [-0.4, -0.2) is 12.9 Å². The minimum Gasteiger partial charge on any atom is -0.250 e. The average Bonchev–Trinajstić information content (AvgIpc) is 3.15. The van der Waals surface area contributed by atoms with Gasteiger partial charge in [-0.15, -0.1) is 0 Å². The largest absolute Gasteiger partial charge is 0.268 e. The summed E-state index contributed by atoms with van der Waals surface area (Å²) in [4.78, 5) is 5.62. The van der Waals surface area contributed by atoms with Gasteiger partial charge >= 0.3 is 0 Å². The van der Waals surface area contributed by atoms with Crippen molar-refractivity contribution in [3.63, 3.8) is 0 Å². The van der Waals surface area contributed by atoms with E-state index in [2.05, 4.69) is 0 Å². The molecule has 1 aliphatic rings. The van der Waals surface area contributed by atoms with Crippen molar-refractivity contribution >= 4 is 10.0 Å². The predicted octanol–water partition coefficient (Wildman–Crippen LogP) is 2.80. The smallest absolute Gasteiger partial charge is 0.250 e. The molecule has 1 fully saturated rings. The van der Waals surface area contributed by atoms with Gasteiger partial charge in [-0.3, -0.25) is 4.84 Å². The van der Waals surface area contributed by atoms with E-state index in [4.69, 9.17) is 4.84 Å². The third-order valence-electron chi connectivity index (χ3n) is 3.42. The van der Waals surface area contributed by atoms with Crippen molar-refractivity contribution < 1.29 is 13.3 Å². The summed E-state index contributed by atoms with van der Waals surface area (Å²) in [5.74, 6) is 0. The number of hydrogen-bond acceptors (Lipinski definition) is 3. The van der Waals surface area contributed by atoms with Crippen LogP contribution in [0.5, 0.6) is 0 Å². The van der Waals surface area contributed by atoms with Gasteiger partial charge in [0.05, 0.1) is 4.90 Å². The second-order valence-electron chi connectivity index (χ2n) is 4.99. The molecule has 0 amide bonds. The Bertz CT molecular complexity index is 725. The molecule has 0 N–H and O–H groups in total. The summed E-state index contributed by atoms with van der Waals surface area (Å²) in [6.45, 7) is 3.66. The quantitative estimate of drug-likeness (QED) is 0.816. The second kappa shape index (κ2) is 4.41. The molecule has 1 unspecified atom stereocenters. The van der Waals surface area contributed by atoms with Crippen molar-refractivity contribution in [2.45, 2.75) is 24.5 Å². The first kappa shape index (κ1) is 13.3. The molecule has 0 radical (unpaired) electrons. The minimum absolute atomic E-state index is 0.239. The summed E-state index contributed by atoms with van der Waals surface area (Å²) in [6.07, 6.45) is 0. The molecule has 0 aliphatic carbocycles. The monoisotopic (exact) mass is 289 g/mol.